The Balaban J connectivity index is 1.17. The SMILES string of the molecule is Oc1ccc2c(c1)C13CCN(CCc4nc5ccccc5s4)CCC1(O)C(C2)N(CC1CC1)CC3. The lowest BCUT2D eigenvalue weighted by Gasteiger charge is -2.61. The third-order valence-corrected chi connectivity index (χ3v) is 10.6. The van der Waals surface area contributed by atoms with Gasteiger partial charge in [-0.2, -0.15) is 0 Å². The van der Waals surface area contributed by atoms with E-state index in [0.717, 1.165) is 76.3 Å². The normalized spacial score (nSPS) is 31.2. The Hall–Kier alpha value is -1.99. The van der Waals surface area contributed by atoms with Crippen LogP contribution in [0.25, 0.3) is 10.2 Å². The van der Waals surface area contributed by atoms with Crippen LogP contribution < -0.4 is 0 Å². The van der Waals surface area contributed by atoms with Crippen LogP contribution in [-0.2, 0) is 18.3 Å². The van der Waals surface area contributed by atoms with E-state index in [-0.39, 0.29) is 11.5 Å². The molecule has 2 aromatic carbocycles. The Kier molecular flexibility index (Phi) is 5.25. The quantitative estimate of drug-likeness (QED) is 0.558. The number of rotatable bonds is 5. The van der Waals surface area contributed by atoms with Crippen LogP contribution in [0, 0.1) is 5.92 Å². The van der Waals surface area contributed by atoms with E-state index >= 15 is 0 Å². The summed E-state index contributed by atoms with van der Waals surface area (Å²) < 4.78 is 1.26. The van der Waals surface area contributed by atoms with Crippen molar-refractivity contribution >= 4 is 21.6 Å². The van der Waals surface area contributed by atoms with Crippen LogP contribution in [0.1, 0.15) is 48.2 Å². The second-order valence-electron chi connectivity index (χ2n) is 11.4. The molecular weight excluding hydrogens is 454 g/mol. The first-order chi connectivity index (χ1) is 17.0. The van der Waals surface area contributed by atoms with Gasteiger partial charge in [0.25, 0.3) is 0 Å². The predicted molar refractivity (Wildman–Crippen MR) is 140 cm³/mol. The molecule has 4 aliphatic rings. The molecular formula is C29H35N3O2S. The summed E-state index contributed by atoms with van der Waals surface area (Å²) in [4.78, 5) is 10.0. The number of thiazole rings is 1. The van der Waals surface area contributed by atoms with E-state index in [1.165, 1.54) is 33.7 Å². The van der Waals surface area contributed by atoms with E-state index in [1.807, 2.05) is 23.5 Å². The highest BCUT2D eigenvalue weighted by molar-refractivity contribution is 7.18. The fourth-order valence-corrected chi connectivity index (χ4v) is 8.37. The number of benzene rings is 2. The number of likely N-dealkylation sites (tertiary alicyclic amines) is 2. The lowest BCUT2D eigenvalue weighted by Crippen LogP contribution is -2.71. The summed E-state index contributed by atoms with van der Waals surface area (Å²) in [6, 6.07) is 14.5. The number of aliphatic hydroxyl groups is 1. The first-order valence-electron chi connectivity index (χ1n) is 13.4. The van der Waals surface area contributed by atoms with Crippen LogP contribution in [0.3, 0.4) is 0 Å². The molecule has 2 aliphatic heterocycles. The van der Waals surface area contributed by atoms with Crippen molar-refractivity contribution in [1.82, 2.24) is 14.8 Å². The number of para-hydroxylation sites is 1. The van der Waals surface area contributed by atoms with E-state index in [9.17, 15) is 10.2 Å². The lowest BCUT2D eigenvalue weighted by atomic mass is 9.52. The molecule has 7 rings (SSSR count). The number of phenolic OH excluding ortho intramolecular Hbond substituents is 1. The van der Waals surface area contributed by atoms with Gasteiger partial charge >= 0.3 is 0 Å². The average Bonchev–Trinajstić information content (AvgIpc) is 3.60. The molecule has 3 aromatic rings. The fraction of sp³-hybridized carbons (Fsp3) is 0.552. The minimum absolute atomic E-state index is 0.179. The minimum Gasteiger partial charge on any atom is -0.508 e. The van der Waals surface area contributed by atoms with Crippen molar-refractivity contribution in [1.29, 1.82) is 0 Å². The van der Waals surface area contributed by atoms with Crippen LogP contribution in [0.4, 0.5) is 0 Å². The van der Waals surface area contributed by atoms with Crippen molar-refractivity contribution in [3.05, 3.63) is 58.6 Å². The maximum Gasteiger partial charge on any atom is 0.115 e. The maximum absolute atomic E-state index is 12.6. The van der Waals surface area contributed by atoms with Gasteiger partial charge in [0, 0.05) is 37.5 Å². The van der Waals surface area contributed by atoms with Crippen molar-refractivity contribution < 1.29 is 10.2 Å². The second kappa shape index (κ2) is 8.27. The van der Waals surface area contributed by atoms with Gasteiger partial charge in [-0.25, -0.2) is 4.98 Å². The molecule has 3 heterocycles. The van der Waals surface area contributed by atoms with Crippen molar-refractivity contribution in [2.45, 2.75) is 62.0 Å². The van der Waals surface area contributed by atoms with Gasteiger partial charge in [0.15, 0.2) is 0 Å². The van der Waals surface area contributed by atoms with Crippen LogP contribution in [0.15, 0.2) is 42.5 Å². The molecule has 0 spiro atoms. The molecule has 3 unspecified atom stereocenters. The third kappa shape index (κ3) is 3.64. The highest BCUT2D eigenvalue weighted by Crippen LogP contribution is 2.56. The van der Waals surface area contributed by atoms with E-state index in [1.54, 1.807) is 0 Å². The molecule has 0 radical (unpaired) electrons. The number of hydrogen-bond acceptors (Lipinski definition) is 6. The molecule has 5 nitrogen and oxygen atoms in total. The van der Waals surface area contributed by atoms with Gasteiger partial charge in [-0.05, 0) is 92.9 Å². The topological polar surface area (TPSA) is 59.8 Å². The second-order valence-corrected chi connectivity index (χ2v) is 12.5. The summed E-state index contributed by atoms with van der Waals surface area (Å²) in [6.45, 7) is 5.08. The van der Waals surface area contributed by atoms with E-state index in [0.29, 0.717) is 5.75 Å². The van der Waals surface area contributed by atoms with E-state index in [2.05, 4.69) is 40.1 Å². The van der Waals surface area contributed by atoms with Crippen molar-refractivity contribution in [3.8, 4) is 5.75 Å². The summed E-state index contributed by atoms with van der Waals surface area (Å²) >= 11 is 1.81. The Morgan fingerprint density at radius 2 is 1.86 bits per heavy atom. The number of nitrogens with zero attached hydrogens (tertiary/aromatic N) is 3. The van der Waals surface area contributed by atoms with Crippen molar-refractivity contribution in [2.24, 2.45) is 5.92 Å². The highest BCUT2D eigenvalue weighted by Gasteiger charge is 2.63. The number of aromatic hydroxyl groups is 1. The molecule has 2 aliphatic carbocycles. The number of piperidine rings is 1. The molecule has 184 valence electrons. The van der Waals surface area contributed by atoms with Crippen molar-refractivity contribution in [2.75, 3.05) is 32.7 Å². The largest absolute Gasteiger partial charge is 0.508 e. The Labute approximate surface area is 211 Å². The fourth-order valence-electron chi connectivity index (χ4n) is 7.42. The number of hydrogen-bond donors (Lipinski definition) is 2. The summed E-state index contributed by atoms with van der Waals surface area (Å²) in [7, 11) is 0. The molecule has 1 aromatic heterocycles. The van der Waals surface area contributed by atoms with Crippen molar-refractivity contribution in [3.63, 3.8) is 0 Å². The molecule has 6 heteroatoms. The summed E-state index contributed by atoms with van der Waals surface area (Å²) in [5, 5.41) is 24.2. The molecule has 3 fully saturated rings. The van der Waals surface area contributed by atoms with Gasteiger partial charge in [-0.1, -0.05) is 18.2 Å². The molecule has 1 saturated carbocycles. The van der Waals surface area contributed by atoms with Gasteiger partial charge < -0.3 is 15.1 Å². The number of phenols is 1. The van der Waals surface area contributed by atoms with E-state index < -0.39 is 5.60 Å². The first kappa shape index (κ1) is 22.2. The molecule has 2 N–H and O–H groups in total. The third-order valence-electron chi connectivity index (χ3n) is 9.50. The number of fused-ring (bicyclic) bond motifs is 2. The van der Waals surface area contributed by atoms with Gasteiger partial charge in [0.05, 0.1) is 20.8 Å². The Morgan fingerprint density at radius 1 is 1.03 bits per heavy atom. The van der Waals surface area contributed by atoms with Gasteiger partial charge in [-0.15, -0.1) is 11.3 Å². The van der Waals surface area contributed by atoms with Crippen LogP contribution >= 0.6 is 11.3 Å². The highest BCUT2D eigenvalue weighted by atomic mass is 32.1. The zero-order valence-electron chi connectivity index (χ0n) is 20.3. The van der Waals surface area contributed by atoms with Crippen LogP contribution in [0.5, 0.6) is 5.75 Å². The standard InChI is InChI=1S/C29H35N3O2S/c33-22-8-7-21-17-26-29(34)12-15-31(13-9-27-30-24-3-1-2-4-25(24)35-27)14-10-28(29,23(21)18-22)11-16-32(26)19-20-5-6-20/h1-4,7-8,18,20,26,33-34H,5-6,9-17,19H2. The molecule has 3 atom stereocenters. The lowest BCUT2D eigenvalue weighted by molar-refractivity contribution is -0.149. The summed E-state index contributed by atoms with van der Waals surface area (Å²) in [5.74, 6) is 1.15. The molecule has 35 heavy (non-hydrogen) atoms. The van der Waals surface area contributed by atoms with Gasteiger partial charge in [0.2, 0.25) is 0 Å². The summed E-state index contributed by atoms with van der Waals surface area (Å²) in [5.41, 5.74) is 2.64. The van der Waals surface area contributed by atoms with Gasteiger partial charge in [0.1, 0.15) is 5.75 Å². The molecule has 2 bridgehead atoms. The summed E-state index contributed by atoms with van der Waals surface area (Å²) in [6.07, 6.45) is 7.27. The average molecular weight is 490 g/mol. The monoisotopic (exact) mass is 489 g/mol. The Bertz CT molecular complexity index is 1220. The van der Waals surface area contributed by atoms with E-state index in [4.69, 9.17) is 4.98 Å². The van der Waals surface area contributed by atoms with Crippen LogP contribution in [0.2, 0.25) is 0 Å². The smallest absolute Gasteiger partial charge is 0.115 e. The predicted octanol–water partition coefficient (Wildman–Crippen LogP) is 4.35. The molecule has 0 amide bonds. The minimum atomic E-state index is -0.744. The zero-order chi connectivity index (χ0) is 23.6. The first-order valence-corrected chi connectivity index (χ1v) is 14.2. The van der Waals surface area contributed by atoms with Gasteiger partial charge in [-0.3, -0.25) is 4.90 Å². The number of aromatic nitrogens is 1. The zero-order valence-corrected chi connectivity index (χ0v) is 21.1. The maximum atomic E-state index is 12.6. The van der Waals surface area contributed by atoms with Crippen LogP contribution in [-0.4, -0.2) is 69.4 Å². The Morgan fingerprint density at radius 3 is 2.71 bits per heavy atom. The molecule has 2 saturated heterocycles.